The molecular formula is C31H37F4N3O3. The van der Waals surface area contributed by atoms with Crippen LogP contribution in [-0.2, 0) is 4.79 Å². The van der Waals surface area contributed by atoms with Crippen LogP contribution >= 0.6 is 0 Å². The first-order valence-electron chi connectivity index (χ1n) is 14.5. The number of carbonyl (C=O) groups excluding carboxylic acids is 2. The monoisotopic (exact) mass is 575 g/mol. The van der Waals surface area contributed by atoms with Crippen LogP contribution in [0.5, 0.6) is 5.75 Å². The lowest BCUT2D eigenvalue weighted by Crippen LogP contribution is -2.53. The molecule has 2 N–H and O–H groups in total. The van der Waals surface area contributed by atoms with Gasteiger partial charge in [0.1, 0.15) is 17.6 Å². The zero-order valence-electron chi connectivity index (χ0n) is 23.1. The molecule has 2 aliphatic heterocycles. The van der Waals surface area contributed by atoms with Crippen LogP contribution in [0.15, 0.2) is 42.5 Å². The number of rotatable bonds is 8. The van der Waals surface area contributed by atoms with E-state index in [-0.39, 0.29) is 36.8 Å². The van der Waals surface area contributed by atoms with Gasteiger partial charge in [0.05, 0.1) is 12.0 Å². The zero-order valence-corrected chi connectivity index (χ0v) is 23.1. The first-order valence-corrected chi connectivity index (χ1v) is 14.5. The average molecular weight is 576 g/mol. The molecule has 222 valence electrons. The zero-order chi connectivity index (χ0) is 29.2. The molecule has 3 aliphatic rings. The Morgan fingerprint density at radius 3 is 2.32 bits per heavy atom. The topological polar surface area (TPSA) is 75.9 Å². The van der Waals surface area contributed by atoms with Crippen molar-refractivity contribution in [2.24, 2.45) is 17.1 Å². The van der Waals surface area contributed by atoms with E-state index >= 15 is 4.39 Å². The van der Waals surface area contributed by atoms with Crippen molar-refractivity contribution in [3.8, 4) is 16.9 Å². The summed E-state index contributed by atoms with van der Waals surface area (Å²) in [5, 5.41) is 0. The molecular weight excluding hydrogens is 538 g/mol. The van der Waals surface area contributed by atoms with E-state index in [0.29, 0.717) is 56.0 Å². The lowest BCUT2D eigenvalue weighted by atomic mass is 9.67. The van der Waals surface area contributed by atoms with Crippen molar-refractivity contribution in [3.05, 3.63) is 53.8 Å². The Morgan fingerprint density at radius 1 is 0.951 bits per heavy atom. The van der Waals surface area contributed by atoms with Gasteiger partial charge in [-0.15, -0.1) is 0 Å². The van der Waals surface area contributed by atoms with Gasteiger partial charge in [0.2, 0.25) is 5.91 Å². The number of piperidine rings is 2. The van der Waals surface area contributed by atoms with Crippen LogP contribution in [0.2, 0.25) is 0 Å². The molecule has 0 spiro atoms. The van der Waals surface area contributed by atoms with E-state index in [9.17, 15) is 22.8 Å². The largest absolute Gasteiger partial charge is 0.493 e. The molecule has 2 amide bonds. The summed E-state index contributed by atoms with van der Waals surface area (Å²) in [5.41, 5.74) is 4.97. The Hall–Kier alpha value is -3.14. The highest BCUT2D eigenvalue weighted by molar-refractivity contribution is 6.02. The van der Waals surface area contributed by atoms with Crippen molar-refractivity contribution in [1.29, 1.82) is 0 Å². The highest BCUT2D eigenvalue weighted by atomic mass is 19.4. The quantitative estimate of drug-likeness (QED) is 0.404. The number of likely N-dealkylation sites (tertiary alicyclic amines) is 2. The van der Waals surface area contributed by atoms with Gasteiger partial charge in [0, 0.05) is 30.3 Å². The molecule has 2 aromatic rings. The molecule has 0 unspecified atom stereocenters. The number of hydrogen-bond acceptors (Lipinski definition) is 4. The molecule has 3 fully saturated rings. The molecule has 1 aliphatic carbocycles. The maximum Gasteiger partial charge on any atom is 0.395 e. The minimum atomic E-state index is -4.16. The molecule has 6 nitrogen and oxygen atoms in total. The molecule has 0 aromatic heterocycles. The normalized spacial score (nSPS) is 21.8. The molecule has 0 radical (unpaired) electrons. The Balaban J connectivity index is 1.20. The van der Waals surface area contributed by atoms with E-state index in [1.54, 1.807) is 36.4 Å². The minimum absolute atomic E-state index is 0.0711. The standard InChI is InChI=1S/C31H37F4N3O3/c32-26-18-22(41-19-21-11-16-37(17-12-21)20-30(13-5-14-30)31(33,34)35)9-10-24(26)23-6-1-2-7-25(23)29(40)38-15-4-3-8-27(38)28(36)39/h1-2,6-7,9-10,18,21,27H,3-5,8,11-17,19-20H2,(H2,36,39)/t27-/m1/s1. The summed E-state index contributed by atoms with van der Waals surface area (Å²) in [5.74, 6) is -0.905. The van der Waals surface area contributed by atoms with Crippen LogP contribution in [0.25, 0.3) is 11.1 Å². The summed E-state index contributed by atoms with van der Waals surface area (Å²) >= 11 is 0. The highest BCUT2D eigenvalue weighted by Gasteiger charge is 2.58. The van der Waals surface area contributed by atoms with E-state index in [0.717, 1.165) is 25.7 Å². The summed E-state index contributed by atoms with van der Waals surface area (Å²) in [4.78, 5) is 28.8. The second kappa shape index (κ2) is 12.0. The molecule has 10 heteroatoms. The SMILES string of the molecule is NC(=O)[C@H]1CCCCN1C(=O)c1ccccc1-c1ccc(OCC2CCN(CC3(C(F)(F)F)CCC3)CC2)cc1F. The van der Waals surface area contributed by atoms with Gasteiger partial charge in [-0.3, -0.25) is 9.59 Å². The fourth-order valence-corrected chi connectivity index (χ4v) is 6.42. The first kappa shape index (κ1) is 29.4. The lowest BCUT2D eigenvalue weighted by Gasteiger charge is -2.47. The maximum atomic E-state index is 15.4. The van der Waals surface area contributed by atoms with Gasteiger partial charge in [-0.1, -0.05) is 24.6 Å². The maximum absolute atomic E-state index is 15.4. The number of primary amides is 1. The first-order chi connectivity index (χ1) is 19.6. The number of alkyl halides is 3. The van der Waals surface area contributed by atoms with Crippen LogP contribution in [0, 0.1) is 17.2 Å². The van der Waals surface area contributed by atoms with Crippen molar-refractivity contribution in [2.75, 3.05) is 32.8 Å². The predicted molar refractivity (Wildman–Crippen MR) is 147 cm³/mol. The minimum Gasteiger partial charge on any atom is -0.493 e. The number of nitrogens with two attached hydrogens (primary N) is 1. The van der Waals surface area contributed by atoms with Crippen molar-refractivity contribution in [1.82, 2.24) is 9.80 Å². The lowest BCUT2D eigenvalue weighted by molar-refractivity contribution is -0.256. The van der Waals surface area contributed by atoms with Gasteiger partial charge in [-0.05, 0) is 87.7 Å². The van der Waals surface area contributed by atoms with E-state index < -0.39 is 29.4 Å². The average Bonchev–Trinajstić information content (AvgIpc) is 2.93. The third-order valence-electron chi connectivity index (χ3n) is 9.11. The van der Waals surface area contributed by atoms with Crippen molar-refractivity contribution in [2.45, 2.75) is 63.6 Å². The van der Waals surface area contributed by atoms with Crippen LogP contribution in [0.1, 0.15) is 61.7 Å². The van der Waals surface area contributed by atoms with Crippen LogP contribution in [-0.4, -0.2) is 66.6 Å². The van der Waals surface area contributed by atoms with Crippen molar-refractivity contribution < 1.29 is 31.9 Å². The molecule has 41 heavy (non-hydrogen) atoms. The fraction of sp³-hybridized carbons (Fsp3) is 0.548. The number of carbonyl (C=O) groups is 2. The molecule has 2 heterocycles. The number of ether oxygens (including phenoxy) is 1. The summed E-state index contributed by atoms with van der Waals surface area (Å²) in [6, 6.07) is 10.6. The molecule has 1 atom stereocenters. The Bertz CT molecular complexity index is 1260. The summed E-state index contributed by atoms with van der Waals surface area (Å²) in [6.07, 6.45) is 0.455. The molecule has 2 aromatic carbocycles. The number of halogens is 4. The van der Waals surface area contributed by atoms with Crippen LogP contribution < -0.4 is 10.5 Å². The number of amides is 2. The van der Waals surface area contributed by atoms with Gasteiger partial charge >= 0.3 is 6.18 Å². The number of hydrogen-bond donors (Lipinski definition) is 1. The van der Waals surface area contributed by atoms with E-state index in [1.807, 2.05) is 4.90 Å². The van der Waals surface area contributed by atoms with Gasteiger partial charge in [0.25, 0.3) is 5.91 Å². The molecule has 5 rings (SSSR count). The summed E-state index contributed by atoms with van der Waals surface area (Å²) in [7, 11) is 0. The number of benzene rings is 2. The smallest absolute Gasteiger partial charge is 0.395 e. The van der Waals surface area contributed by atoms with Crippen LogP contribution in [0.3, 0.4) is 0 Å². The molecule has 1 saturated carbocycles. The third-order valence-corrected chi connectivity index (χ3v) is 9.11. The van der Waals surface area contributed by atoms with Crippen molar-refractivity contribution in [3.63, 3.8) is 0 Å². The number of nitrogens with zero attached hydrogens (tertiary/aromatic N) is 2. The second-order valence-electron chi connectivity index (χ2n) is 11.8. The predicted octanol–water partition coefficient (Wildman–Crippen LogP) is 5.80. The van der Waals surface area contributed by atoms with E-state index in [2.05, 4.69) is 0 Å². The molecule has 2 saturated heterocycles. The van der Waals surface area contributed by atoms with Crippen LogP contribution in [0.4, 0.5) is 17.6 Å². The Labute approximate surface area is 237 Å². The summed E-state index contributed by atoms with van der Waals surface area (Å²) in [6.45, 7) is 2.03. The molecule has 0 bridgehead atoms. The van der Waals surface area contributed by atoms with Gasteiger partial charge in [0.15, 0.2) is 0 Å². The van der Waals surface area contributed by atoms with Gasteiger partial charge in [-0.2, -0.15) is 13.2 Å². The Kier molecular flexibility index (Phi) is 8.59. The third kappa shape index (κ3) is 6.22. The Morgan fingerprint density at radius 2 is 1.68 bits per heavy atom. The van der Waals surface area contributed by atoms with Gasteiger partial charge in [-0.25, -0.2) is 4.39 Å². The second-order valence-corrected chi connectivity index (χ2v) is 11.8. The van der Waals surface area contributed by atoms with Crippen molar-refractivity contribution >= 4 is 11.8 Å². The van der Waals surface area contributed by atoms with E-state index in [1.165, 1.54) is 11.0 Å². The summed E-state index contributed by atoms with van der Waals surface area (Å²) < 4.78 is 61.9. The highest BCUT2D eigenvalue weighted by Crippen LogP contribution is 2.53. The van der Waals surface area contributed by atoms with Gasteiger partial charge < -0.3 is 20.3 Å². The van der Waals surface area contributed by atoms with E-state index in [4.69, 9.17) is 10.5 Å². The fourth-order valence-electron chi connectivity index (χ4n) is 6.42.